The van der Waals surface area contributed by atoms with Crippen LogP contribution in [0, 0.1) is 5.92 Å². The molecule has 3 saturated heterocycles. The van der Waals surface area contributed by atoms with Crippen molar-refractivity contribution in [2.45, 2.75) is 38.3 Å². The molecule has 0 aromatic carbocycles. The second-order valence-electron chi connectivity index (χ2n) is 7.19. The van der Waals surface area contributed by atoms with Crippen LogP contribution in [0.2, 0.25) is 0 Å². The maximum absolute atomic E-state index is 12.7. The molecule has 3 aliphatic heterocycles. The van der Waals surface area contributed by atoms with Crippen LogP contribution in [0.3, 0.4) is 0 Å². The molecule has 22 heavy (non-hydrogen) atoms. The van der Waals surface area contributed by atoms with Gasteiger partial charge in [-0.1, -0.05) is 0 Å². The Labute approximate surface area is 131 Å². The first-order chi connectivity index (χ1) is 10.6. The monoisotopic (exact) mass is 297 g/mol. The number of rotatable bonds is 2. The first-order valence-corrected chi connectivity index (χ1v) is 8.18. The molecule has 2 bridgehead atoms. The number of aromatic nitrogens is 1. The third-order valence-corrected chi connectivity index (χ3v) is 5.66. The van der Waals surface area contributed by atoms with Crippen molar-refractivity contribution >= 4 is 11.4 Å². The molecule has 5 heterocycles. The molecular formula is C18H23N3O. The van der Waals surface area contributed by atoms with Crippen molar-refractivity contribution in [3.8, 4) is 0 Å². The Morgan fingerprint density at radius 1 is 1.23 bits per heavy atom. The van der Waals surface area contributed by atoms with Crippen LogP contribution in [0.25, 0.3) is 5.52 Å². The minimum absolute atomic E-state index is 0.0439. The van der Waals surface area contributed by atoms with E-state index in [0.717, 1.165) is 11.1 Å². The van der Waals surface area contributed by atoms with Gasteiger partial charge >= 0.3 is 0 Å². The zero-order chi connectivity index (χ0) is 15.3. The van der Waals surface area contributed by atoms with E-state index in [1.165, 1.54) is 25.9 Å². The number of carbonyl (C=O) groups excluding carboxylic acids is 1. The molecule has 1 amide bonds. The second kappa shape index (κ2) is 4.85. The highest BCUT2D eigenvalue weighted by Gasteiger charge is 2.48. The lowest BCUT2D eigenvalue weighted by molar-refractivity contribution is -0.0378. The Balaban J connectivity index is 1.58. The highest BCUT2D eigenvalue weighted by Crippen LogP contribution is 2.39. The third-order valence-electron chi connectivity index (χ3n) is 5.66. The van der Waals surface area contributed by atoms with Crippen molar-refractivity contribution in [1.82, 2.24) is 14.6 Å². The van der Waals surface area contributed by atoms with Crippen LogP contribution in [0.5, 0.6) is 0 Å². The average molecular weight is 297 g/mol. The lowest BCUT2D eigenvalue weighted by atomic mass is 9.72. The summed E-state index contributed by atoms with van der Waals surface area (Å²) in [6.07, 6.45) is 6.29. The summed E-state index contributed by atoms with van der Waals surface area (Å²) in [5, 5.41) is 3.32. The summed E-state index contributed by atoms with van der Waals surface area (Å²) >= 11 is 0. The molecule has 4 nitrogen and oxygen atoms in total. The van der Waals surface area contributed by atoms with E-state index >= 15 is 0 Å². The molecule has 0 spiro atoms. The Bertz CT molecular complexity index is 710. The maximum atomic E-state index is 12.7. The SMILES string of the molecule is CC1(C)[C@H](NC(=O)c2ccc3cccn3c2)C2CCN1CC2. The summed E-state index contributed by atoms with van der Waals surface area (Å²) in [6.45, 7) is 6.86. The van der Waals surface area contributed by atoms with Gasteiger partial charge in [0.15, 0.2) is 0 Å². The van der Waals surface area contributed by atoms with Crippen molar-refractivity contribution in [2.75, 3.05) is 13.1 Å². The molecule has 4 heteroatoms. The van der Waals surface area contributed by atoms with Crippen LogP contribution in [0.1, 0.15) is 37.0 Å². The molecule has 5 rings (SSSR count). The minimum Gasteiger partial charge on any atom is -0.347 e. The van der Waals surface area contributed by atoms with Crippen LogP contribution < -0.4 is 5.32 Å². The Kier molecular flexibility index (Phi) is 3.05. The van der Waals surface area contributed by atoms with Gasteiger partial charge < -0.3 is 9.72 Å². The van der Waals surface area contributed by atoms with Gasteiger partial charge in [-0.15, -0.1) is 0 Å². The molecular weight excluding hydrogens is 274 g/mol. The van der Waals surface area contributed by atoms with Crippen LogP contribution >= 0.6 is 0 Å². The molecule has 116 valence electrons. The number of pyridine rings is 1. The summed E-state index contributed by atoms with van der Waals surface area (Å²) in [7, 11) is 0. The van der Waals surface area contributed by atoms with E-state index < -0.39 is 0 Å². The van der Waals surface area contributed by atoms with E-state index in [4.69, 9.17) is 0 Å². The van der Waals surface area contributed by atoms with Crippen LogP contribution in [-0.2, 0) is 0 Å². The van der Waals surface area contributed by atoms with Gasteiger partial charge in [0, 0.05) is 29.5 Å². The Morgan fingerprint density at radius 3 is 2.73 bits per heavy atom. The Hall–Kier alpha value is -1.81. The summed E-state index contributed by atoms with van der Waals surface area (Å²) in [4.78, 5) is 15.2. The topological polar surface area (TPSA) is 36.8 Å². The van der Waals surface area contributed by atoms with Gasteiger partial charge in [-0.2, -0.15) is 0 Å². The molecule has 2 aromatic heterocycles. The summed E-state index contributed by atoms with van der Waals surface area (Å²) in [6, 6.07) is 8.18. The number of nitrogens with one attached hydrogen (secondary N) is 1. The standard InChI is InChI=1S/C18H23N3O/c1-18(2)16(13-7-10-21(18)11-8-13)19-17(22)14-5-6-15-4-3-9-20(15)12-14/h3-6,9,12-13,16H,7-8,10-11H2,1-2H3,(H,19,22)/t16-/m1/s1. The van der Waals surface area contributed by atoms with Crippen LogP contribution in [0.4, 0.5) is 0 Å². The predicted octanol–water partition coefficient (Wildman–Crippen LogP) is 2.54. The lowest BCUT2D eigenvalue weighted by Gasteiger charge is -2.56. The normalized spacial score (nSPS) is 29.6. The van der Waals surface area contributed by atoms with E-state index in [2.05, 4.69) is 24.1 Å². The first kappa shape index (κ1) is 13.8. The predicted molar refractivity (Wildman–Crippen MR) is 87.0 cm³/mol. The number of hydrogen-bond acceptors (Lipinski definition) is 2. The second-order valence-corrected chi connectivity index (χ2v) is 7.19. The maximum Gasteiger partial charge on any atom is 0.253 e. The van der Waals surface area contributed by atoms with Crippen molar-refractivity contribution in [3.63, 3.8) is 0 Å². The lowest BCUT2D eigenvalue weighted by Crippen LogP contribution is -2.69. The zero-order valence-corrected chi connectivity index (χ0v) is 13.2. The quantitative estimate of drug-likeness (QED) is 0.925. The molecule has 3 fully saturated rings. The summed E-state index contributed by atoms with van der Waals surface area (Å²) < 4.78 is 2.00. The minimum atomic E-state index is 0.0439. The molecule has 1 N–H and O–H groups in total. The van der Waals surface area contributed by atoms with Gasteiger partial charge in [-0.05, 0) is 70.0 Å². The zero-order valence-electron chi connectivity index (χ0n) is 13.2. The van der Waals surface area contributed by atoms with Crippen molar-refractivity contribution in [3.05, 3.63) is 42.2 Å². The number of piperidine rings is 3. The van der Waals surface area contributed by atoms with E-state index in [9.17, 15) is 4.79 Å². The molecule has 0 aliphatic carbocycles. The van der Waals surface area contributed by atoms with Crippen molar-refractivity contribution in [2.24, 2.45) is 5.92 Å². The van der Waals surface area contributed by atoms with Gasteiger partial charge in [-0.25, -0.2) is 0 Å². The van der Waals surface area contributed by atoms with Crippen LogP contribution in [-0.4, -0.2) is 39.9 Å². The fourth-order valence-electron chi connectivity index (χ4n) is 4.27. The third kappa shape index (κ3) is 2.05. The Morgan fingerprint density at radius 2 is 2.00 bits per heavy atom. The largest absolute Gasteiger partial charge is 0.347 e. The van der Waals surface area contributed by atoms with Gasteiger partial charge in [0.05, 0.1) is 5.56 Å². The number of nitrogens with zero attached hydrogens (tertiary/aromatic N) is 2. The summed E-state index contributed by atoms with van der Waals surface area (Å²) in [5.74, 6) is 0.654. The molecule has 0 unspecified atom stereocenters. The van der Waals surface area contributed by atoms with E-state index in [0.29, 0.717) is 5.92 Å². The van der Waals surface area contributed by atoms with Gasteiger partial charge in [0.2, 0.25) is 0 Å². The van der Waals surface area contributed by atoms with E-state index in [1.54, 1.807) is 0 Å². The van der Waals surface area contributed by atoms with Gasteiger partial charge in [0.1, 0.15) is 0 Å². The van der Waals surface area contributed by atoms with E-state index in [-0.39, 0.29) is 17.5 Å². The van der Waals surface area contributed by atoms with Crippen molar-refractivity contribution in [1.29, 1.82) is 0 Å². The molecule has 3 aliphatic rings. The first-order valence-electron chi connectivity index (χ1n) is 8.18. The highest BCUT2D eigenvalue weighted by molar-refractivity contribution is 5.94. The molecule has 1 atom stereocenters. The smallest absolute Gasteiger partial charge is 0.253 e. The molecule has 0 saturated carbocycles. The number of amides is 1. The highest BCUT2D eigenvalue weighted by atomic mass is 16.1. The molecule has 0 radical (unpaired) electrons. The van der Waals surface area contributed by atoms with Crippen LogP contribution in [0.15, 0.2) is 36.7 Å². The summed E-state index contributed by atoms with van der Waals surface area (Å²) in [5.41, 5.74) is 1.89. The van der Waals surface area contributed by atoms with E-state index in [1.807, 2.05) is 41.1 Å². The molecule has 2 aromatic rings. The number of fused-ring (bicyclic) bond motifs is 4. The van der Waals surface area contributed by atoms with Gasteiger partial charge in [-0.3, -0.25) is 9.69 Å². The number of carbonyl (C=O) groups is 1. The number of hydrogen-bond donors (Lipinski definition) is 1. The van der Waals surface area contributed by atoms with Gasteiger partial charge in [0.25, 0.3) is 5.91 Å². The fraction of sp³-hybridized carbons (Fsp3) is 0.500. The fourth-order valence-corrected chi connectivity index (χ4v) is 4.27. The average Bonchev–Trinajstić information content (AvgIpc) is 2.98. The van der Waals surface area contributed by atoms with Crippen molar-refractivity contribution < 1.29 is 4.79 Å².